The van der Waals surface area contributed by atoms with Crippen molar-refractivity contribution in [2.24, 2.45) is 0 Å². The van der Waals surface area contributed by atoms with Crippen LogP contribution in [0.25, 0.3) is 0 Å². The minimum absolute atomic E-state index is 0.262. The summed E-state index contributed by atoms with van der Waals surface area (Å²) in [5, 5.41) is 13.7. The highest BCUT2D eigenvalue weighted by atomic mass is 35.5. The van der Waals surface area contributed by atoms with Gasteiger partial charge in [-0.3, -0.25) is 0 Å². The molecule has 2 rings (SSSR count). The van der Waals surface area contributed by atoms with Crippen LogP contribution >= 0.6 is 11.6 Å². The fourth-order valence-electron chi connectivity index (χ4n) is 2.40. The standard InChI is InChI=1S/C16H24ClNO3/c17-13-5-7-16(8-6-13)21-12-14(19)11-18-9-10-20-15-3-1-2-4-15/h5-8,14-15,18-19H,1-4,9-12H2. The number of aliphatic hydroxyl groups is 1. The molecule has 21 heavy (non-hydrogen) atoms. The summed E-state index contributed by atoms with van der Waals surface area (Å²) in [7, 11) is 0. The summed E-state index contributed by atoms with van der Waals surface area (Å²) in [5.41, 5.74) is 0. The van der Waals surface area contributed by atoms with Gasteiger partial charge in [0, 0.05) is 18.1 Å². The molecule has 0 saturated heterocycles. The topological polar surface area (TPSA) is 50.7 Å². The van der Waals surface area contributed by atoms with Gasteiger partial charge in [-0.05, 0) is 37.1 Å². The Hall–Kier alpha value is -0.810. The molecule has 1 fully saturated rings. The van der Waals surface area contributed by atoms with Crippen molar-refractivity contribution in [1.82, 2.24) is 5.32 Å². The Morgan fingerprint density at radius 1 is 1.24 bits per heavy atom. The number of halogens is 1. The van der Waals surface area contributed by atoms with Crippen LogP contribution in [0.15, 0.2) is 24.3 Å². The van der Waals surface area contributed by atoms with Gasteiger partial charge in [-0.2, -0.15) is 0 Å². The molecule has 1 saturated carbocycles. The lowest BCUT2D eigenvalue weighted by molar-refractivity contribution is 0.0563. The highest BCUT2D eigenvalue weighted by Gasteiger charge is 2.14. The van der Waals surface area contributed by atoms with E-state index in [4.69, 9.17) is 21.1 Å². The fraction of sp³-hybridized carbons (Fsp3) is 0.625. The Labute approximate surface area is 131 Å². The lowest BCUT2D eigenvalue weighted by atomic mass is 10.3. The number of benzene rings is 1. The van der Waals surface area contributed by atoms with Crippen LogP contribution in [0.3, 0.4) is 0 Å². The quantitative estimate of drug-likeness (QED) is 0.688. The Morgan fingerprint density at radius 2 is 1.95 bits per heavy atom. The maximum absolute atomic E-state index is 9.82. The van der Waals surface area contributed by atoms with Gasteiger partial charge in [-0.25, -0.2) is 0 Å². The van der Waals surface area contributed by atoms with E-state index >= 15 is 0 Å². The number of rotatable bonds is 9. The van der Waals surface area contributed by atoms with Gasteiger partial charge >= 0.3 is 0 Å². The Kier molecular flexibility index (Phi) is 7.30. The zero-order valence-electron chi connectivity index (χ0n) is 12.3. The predicted molar refractivity (Wildman–Crippen MR) is 84.0 cm³/mol. The van der Waals surface area contributed by atoms with E-state index in [9.17, 15) is 5.11 Å². The van der Waals surface area contributed by atoms with Gasteiger partial charge in [0.15, 0.2) is 0 Å². The van der Waals surface area contributed by atoms with E-state index in [-0.39, 0.29) is 6.61 Å². The number of nitrogens with one attached hydrogen (secondary N) is 1. The lowest BCUT2D eigenvalue weighted by Gasteiger charge is -2.14. The van der Waals surface area contributed by atoms with Crippen molar-refractivity contribution >= 4 is 11.6 Å². The molecule has 0 spiro atoms. The Balaban J connectivity index is 1.49. The molecule has 0 radical (unpaired) electrons. The largest absolute Gasteiger partial charge is 0.491 e. The van der Waals surface area contributed by atoms with Crippen molar-refractivity contribution in [3.63, 3.8) is 0 Å². The van der Waals surface area contributed by atoms with E-state index in [0.717, 1.165) is 6.54 Å². The van der Waals surface area contributed by atoms with Gasteiger partial charge in [-0.15, -0.1) is 0 Å². The van der Waals surface area contributed by atoms with Crippen LogP contribution in [0.4, 0.5) is 0 Å². The molecule has 1 aliphatic carbocycles. The van der Waals surface area contributed by atoms with Crippen LogP contribution in [-0.2, 0) is 4.74 Å². The number of aliphatic hydroxyl groups excluding tert-OH is 1. The summed E-state index contributed by atoms with van der Waals surface area (Å²) >= 11 is 5.79. The highest BCUT2D eigenvalue weighted by molar-refractivity contribution is 6.30. The zero-order chi connectivity index (χ0) is 14.9. The molecule has 1 aromatic rings. The van der Waals surface area contributed by atoms with E-state index < -0.39 is 6.10 Å². The molecule has 118 valence electrons. The Bertz CT molecular complexity index is 393. The van der Waals surface area contributed by atoms with Gasteiger partial charge in [-0.1, -0.05) is 24.4 Å². The summed E-state index contributed by atoms with van der Waals surface area (Å²) in [6.07, 6.45) is 4.88. The molecule has 0 heterocycles. The van der Waals surface area contributed by atoms with E-state index in [1.54, 1.807) is 24.3 Å². The minimum Gasteiger partial charge on any atom is -0.491 e. The summed E-state index contributed by atoms with van der Waals surface area (Å²) in [6, 6.07) is 7.11. The van der Waals surface area contributed by atoms with Crippen LogP contribution in [0, 0.1) is 0 Å². The van der Waals surface area contributed by atoms with E-state index in [0.29, 0.717) is 30.0 Å². The third-order valence-corrected chi connectivity index (χ3v) is 3.82. The molecule has 0 aliphatic heterocycles. The van der Waals surface area contributed by atoms with Gasteiger partial charge in [0.05, 0.1) is 12.7 Å². The van der Waals surface area contributed by atoms with E-state index in [2.05, 4.69) is 5.32 Å². The number of ether oxygens (including phenoxy) is 2. The van der Waals surface area contributed by atoms with Crippen molar-refractivity contribution in [3.05, 3.63) is 29.3 Å². The van der Waals surface area contributed by atoms with Crippen LogP contribution in [0.5, 0.6) is 5.75 Å². The monoisotopic (exact) mass is 313 g/mol. The van der Waals surface area contributed by atoms with Crippen LogP contribution < -0.4 is 10.1 Å². The minimum atomic E-state index is -0.535. The first-order chi connectivity index (χ1) is 10.2. The average molecular weight is 314 g/mol. The van der Waals surface area contributed by atoms with Gasteiger partial charge in [0.2, 0.25) is 0 Å². The first-order valence-electron chi connectivity index (χ1n) is 7.63. The second kappa shape index (κ2) is 9.26. The Morgan fingerprint density at radius 3 is 2.67 bits per heavy atom. The zero-order valence-corrected chi connectivity index (χ0v) is 13.0. The van der Waals surface area contributed by atoms with E-state index in [1.165, 1.54) is 25.7 Å². The summed E-state index contributed by atoms with van der Waals surface area (Å²) < 4.78 is 11.2. The molecule has 0 amide bonds. The van der Waals surface area contributed by atoms with E-state index in [1.807, 2.05) is 0 Å². The van der Waals surface area contributed by atoms with Crippen molar-refractivity contribution in [3.8, 4) is 5.75 Å². The molecule has 4 nitrogen and oxygen atoms in total. The first-order valence-corrected chi connectivity index (χ1v) is 8.00. The maximum Gasteiger partial charge on any atom is 0.119 e. The van der Waals surface area contributed by atoms with Crippen LogP contribution in [0.1, 0.15) is 25.7 Å². The second-order valence-electron chi connectivity index (χ2n) is 5.40. The van der Waals surface area contributed by atoms with Crippen molar-refractivity contribution in [1.29, 1.82) is 0 Å². The molecule has 5 heteroatoms. The summed E-state index contributed by atoms with van der Waals surface area (Å²) in [4.78, 5) is 0. The van der Waals surface area contributed by atoms with Crippen molar-refractivity contribution in [2.45, 2.75) is 37.9 Å². The maximum atomic E-state index is 9.82. The molecule has 0 bridgehead atoms. The first kappa shape index (κ1) is 16.6. The molecule has 1 aromatic carbocycles. The molecule has 2 N–H and O–H groups in total. The molecule has 0 aromatic heterocycles. The second-order valence-corrected chi connectivity index (χ2v) is 5.84. The third kappa shape index (κ3) is 6.66. The average Bonchev–Trinajstić information content (AvgIpc) is 2.99. The lowest BCUT2D eigenvalue weighted by Crippen LogP contribution is -2.33. The van der Waals surface area contributed by atoms with Gasteiger partial charge < -0.3 is 19.9 Å². The smallest absolute Gasteiger partial charge is 0.119 e. The van der Waals surface area contributed by atoms with Gasteiger partial charge in [0.1, 0.15) is 18.5 Å². The SMILES string of the molecule is OC(CNCCOC1CCCC1)COc1ccc(Cl)cc1. The molecular weight excluding hydrogens is 290 g/mol. The van der Waals surface area contributed by atoms with Crippen molar-refractivity contribution < 1.29 is 14.6 Å². The molecular formula is C16H24ClNO3. The number of hydrogen-bond acceptors (Lipinski definition) is 4. The van der Waals surface area contributed by atoms with Crippen LogP contribution in [-0.4, -0.2) is 43.6 Å². The summed E-state index contributed by atoms with van der Waals surface area (Å²) in [5.74, 6) is 0.711. The van der Waals surface area contributed by atoms with Crippen LogP contribution in [0.2, 0.25) is 5.02 Å². The highest BCUT2D eigenvalue weighted by Crippen LogP contribution is 2.20. The summed E-state index contributed by atoms with van der Waals surface area (Å²) in [6.45, 7) is 2.23. The molecule has 1 unspecified atom stereocenters. The number of hydrogen-bond donors (Lipinski definition) is 2. The van der Waals surface area contributed by atoms with Gasteiger partial charge in [0.25, 0.3) is 0 Å². The predicted octanol–water partition coefficient (Wildman–Crippen LogP) is 2.63. The molecule has 1 atom stereocenters. The molecule has 1 aliphatic rings. The fourth-order valence-corrected chi connectivity index (χ4v) is 2.53. The third-order valence-electron chi connectivity index (χ3n) is 3.57. The normalized spacial score (nSPS) is 17.0. The van der Waals surface area contributed by atoms with Crippen molar-refractivity contribution in [2.75, 3.05) is 26.3 Å².